The number of hydrogen-bond donors (Lipinski definition) is 1. The molecule has 2 aromatic rings. The Balaban J connectivity index is 2.40. The van der Waals surface area contributed by atoms with Gasteiger partial charge in [-0.05, 0) is 35.4 Å². The van der Waals surface area contributed by atoms with Crippen molar-refractivity contribution in [3.8, 4) is 34.5 Å². The maximum atomic E-state index is 13.0. The molecule has 2 aromatic carbocycles. The van der Waals surface area contributed by atoms with E-state index in [4.69, 9.17) is 42.6 Å². The summed E-state index contributed by atoms with van der Waals surface area (Å²) in [4.78, 5) is 51.1. The van der Waals surface area contributed by atoms with E-state index in [0.29, 0.717) is 45.6 Å². The lowest BCUT2D eigenvalue weighted by Gasteiger charge is -2.27. The first-order chi connectivity index (χ1) is 22.4. The molecular weight excluding hydrogens is 624 g/mol. The smallest absolute Gasteiger partial charge is 0.412 e. The van der Waals surface area contributed by atoms with Gasteiger partial charge in [-0.2, -0.15) is 0 Å². The third kappa shape index (κ3) is 12.1. The molecule has 0 bridgehead atoms. The first-order valence-corrected chi connectivity index (χ1v) is 14.2. The number of aliphatic carboxylic acids is 1. The monoisotopic (exact) mass is 666 g/mol. The van der Waals surface area contributed by atoms with Crippen LogP contribution in [0.1, 0.15) is 25.0 Å². The van der Waals surface area contributed by atoms with E-state index < -0.39 is 30.4 Å². The lowest BCUT2D eigenvalue weighted by atomic mass is 10.1. The number of rotatable bonds is 20. The van der Waals surface area contributed by atoms with Gasteiger partial charge in [0.2, 0.25) is 11.5 Å². The number of carbonyl (C=O) groups excluding carboxylic acids is 3. The van der Waals surface area contributed by atoms with Crippen molar-refractivity contribution in [2.75, 3.05) is 68.8 Å². The van der Waals surface area contributed by atoms with Crippen molar-refractivity contribution in [1.82, 2.24) is 9.80 Å². The lowest BCUT2D eigenvalue weighted by molar-refractivity contribution is -0.256. The van der Waals surface area contributed by atoms with Gasteiger partial charge in [0.05, 0.1) is 55.7 Å². The average molecular weight is 667 g/mol. The summed E-state index contributed by atoms with van der Waals surface area (Å²) in [6.07, 6.45) is 0. The third-order valence-corrected chi connectivity index (χ3v) is 6.46. The summed E-state index contributed by atoms with van der Waals surface area (Å²) in [5, 5.41) is 9.68. The molecule has 0 aliphatic heterocycles. The van der Waals surface area contributed by atoms with Crippen molar-refractivity contribution in [2.24, 2.45) is 0 Å². The van der Waals surface area contributed by atoms with E-state index >= 15 is 0 Å². The normalized spacial score (nSPS) is 10.8. The minimum Gasteiger partial charge on any atom is -0.493 e. The van der Waals surface area contributed by atoms with E-state index in [1.807, 2.05) is 0 Å². The van der Waals surface area contributed by atoms with Crippen molar-refractivity contribution in [3.05, 3.63) is 35.4 Å². The maximum Gasteiger partial charge on any atom is 0.412 e. The first kappa shape index (κ1) is 38.2. The SMILES string of the molecule is COc1cc(CN(CCN(CC(=O)OC(OC(C)=O)OC(C)=O)Cc2cc(OC)c(OC)c(OC)c2)CC(=O)O)cc(OC)c1OC. The van der Waals surface area contributed by atoms with Crippen LogP contribution in [-0.2, 0) is 46.5 Å². The second-order valence-corrected chi connectivity index (χ2v) is 9.88. The highest BCUT2D eigenvalue weighted by Gasteiger charge is 2.24. The van der Waals surface area contributed by atoms with Crippen molar-refractivity contribution in [2.45, 2.75) is 33.4 Å². The Labute approximate surface area is 272 Å². The van der Waals surface area contributed by atoms with E-state index in [9.17, 15) is 24.3 Å². The van der Waals surface area contributed by atoms with Crippen LogP contribution in [0.3, 0.4) is 0 Å². The second kappa shape index (κ2) is 18.9. The zero-order valence-electron chi connectivity index (χ0n) is 27.8. The molecular formula is C31H42N2O14. The predicted molar refractivity (Wildman–Crippen MR) is 164 cm³/mol. The number of nitrogens with zero attached hydrogens (tertiary/aromatic N) is 2. The van der Waals surface area contributed by atoms with Gasteiger partial charge < -0.3 is 47.7 Å². The van der Waals surface area contributed by atoms with E-state index in [2.05, 4.69) is 0 Å². The van der Waals surface area contributed by atoms with Gasteiger partial charge in [-0.25, -0.2) is 0 Å². The van der Waals surface area contributed by atoms with Gasteiger partial charge in [0.25, 0.3) is 0 Å². The molecule has 0 atom stereocenters. The highest BCUT2D eigenvalue weighted by Crippen LogP contribution is 2.39. The second-order valence-electron chi connectivity index (χ2n) is 9.88. The highest BCUT2D eigenvalue weighted by molar-refractivity contribution is 5.73. The van der Waals surface area contributed by atoms with Crippen LogP contribution in [0.5, 0.6) is 34.5 Å². The number of hydrogen-bond acceptors (Lipinski definition) is 15. The molecule has 0 spiro atoms. The van der Waals surface area contributed by atoms with Crippen molar-refractivity contribution in [1.29, 1.82) is 0 Å². The summed E-state index contributed by atoms with van der Waals surface area (Å²) in [7, 11) is 8.83. The van der Waals surface area contributed by atoms with Crippen molar-refractivity contribution >= 4 is 23.9 Å². The molecule has 0 saturated heterocycles. The molecule has 47 heavy (non-hydrogen) atoms. The fraction of sp³-hybridized carbons (Fsp3) is 0.484. The van der Waals surface area contributed by atoms with Gasteiger partial charge in [-0.15, -0.1) is 0 Å². The average Bonchev–Trinajstić information content (AvgIpc) is 3.01. The molecule has 1 N–H and O–H groups in total. The largest absolute Gasteiger partial charge is 0.493 e. The standard InChI is InChI=1S/C31H42N2O14/c1-19(34)45-31(46-20(2)35)47-28(38)18-33(16-22-13-25(41-5)30(44-8)26(14-22)42-6)10-9-32(17-27(36)37)15-21-11-23(39-3)29(43-7)24(12-21)40-4/h11-14,31H,9-10,15-18H2,1-8H3,(H,36,37). The summed E-state index contributed by atoms with van der Waals surface area (Å²) in [6.45, 7) is 0.144. The molecule has 0 aliphatic rings. The summed E-state index contributed by atoms with van der Waals surface area (Å²) < 4.78 is 47.3. The molecule has 2 rings (SSSR count). The quantitative estimate of drug-likeness (QED) is 0.160. The maximum absolute atomic E-state index is 13.0. The molecule has 0 amide bonds. The van der Waals surface area contributed by atoms with Crippen molar-refractivity contribution in [3.63, 3.8) is 0 Å². The Morgan fingerprint density at radius 2 is 0.957 bits per heavy atom. The Bertz CT molecular complexity index is 1320. The Kier molecular flexibility index (Phi) is 15.4. The molecule has 16 nitrogen and oxygen atoms in total. The number of esters is 3. The van der Waals surface area contributed by atoms with Crippen LogP contribution in [0, 0.1) is 0 Å². The molecule has 16 heteroatoms. The van der Waals surface area contributed by atoms with Gasteiger partial charge in [0.1, 0.15) is 0 Å². The van der Waals surface area contributed by atoms with Crippen LogP contribution < -0.4 is 28.4 Å². The number of ether oxygens (including phenoxy) is 9. The molecule has 0 fully saturated rings. The number of carboxylic acid groups (broad SMARTS) is 1. The van der Waals surface area contributed by atoms with Crippen LogP contribution >= 0.6 is 0 Å². The third-order valence-electron chi connectivity index (χ3n) is 6.46. The van der Waals surface area contributed by atoms with E-state index in [0.717, 1.165) is 13.8 Å². The van der Waals surface area contributed by atoms with E-state index in [1.165, 1.54) is 42.7 Å². The topological polar surface area (TPSA) is 178 Å². The Morgan fingerprint density at radius 3 is 1.26 bits per heavy atom. The number of carbonyl (C=O) groups is 4. The summed E-state index contributed by atoms with van der Waals surface area (Å²) in [5.41, 5.74) is 1.33. The number of benzene rings is 2. The van der Waals surface area contributed by atoms with Gasteiger partial charge >= 0.3 is 30.4 Å². The molecule has 260 valence electrons. The van der Waals surface area contributed by atoms with Crippen LogP contribution in [0.4, 0.5) is 0 Å². The Morgan fingerprint density at radius 1 is 0.596 bits per heavy atom. The fourth-order valence-electron chi connectivity index (χ4n) is 4.54. The van der Waals surface area contributed by atoms with Crippen molar-refractivity contribution < 1.29 is 66.9 Å². The zero-order chi connectivity index (χ0) is 35.1. The highest BCUT2D eigenvalue weighted by atomic mass is 16.9. The van der Waals surface area contributed by atoms with Crippen LogP contribution in [0.25, 0.3) is 0 Å². The minimum atomic E-state index is -1.89. The van der Waals surface area contributed by atoms with Crippen LogP contribution in [0.15, 0.2) is 24.3 Å². The summed E-state index contributed by atoms with van der Waals surface area (Å²) in [5.74, 6) is -1.32. The molecule has 0 saturated carbocycles. The van der Waals surface area contributed by atoms with Gasteiger partial charge in [-0.3, -0.25) is 29.0 Å². The van der Waals surface area contributed by atoms with E-state index in [1.54, 1.807) is 34.1 Å². The summed E-state index contributed by atoms with van der Waals surface area (Å²) in [6, 6.07) is 6.83. The first-order valence-electron chi connectivity index (χ1n) is 14.2. The lowest BCUT2D eigenvalue weighted by Crippen LogP contribution is -2.40. The predicted octanol–water partition coefficient (Wildman–Crippen LogP) is 2.08. The van der Waals surface area contributed by atoms with Gasteiger partial charge in [0, 0.05) is 40.0 Å². The summed E-state index contributed by atoms with van der Waals surface area (Å²) >= 11 is 0. The fourth-order valence-corrected chi connectivity index (χ4v) is 4.54. The zero-order valence-corrected chi connectivity index (χ0v) is 27.8. The molecule has 0 unspecified atom stereocenters. The molecule has 0 radical (unpaired) electrons. The van der Waals surface area contributed by atoms with E-state index in [-0.39, 0.29) is 39.3 Å². The number of methoxy groups -OCH3 is 6. The minimum absolute atomic E-state index is 0.128. The molecule has 0 aromatic heterocycles. The molecule has 0 aliphatic carbocycles. The van der Waals surface area contributed by atoms with Gasteiger partial charge in [0.15, 0.2) is 23.0 Å². The van der Waals surface area contributed by atoms with Gasteiger partial charge in [-0.1, -0.05) is 0 Å². The Hall–Kier alpha value is -4.96. The molecule has 0 heterocycles. The number of carboxylic acids is 1. The van der Waals surface area contributed by atoms with Crippen LogP contribution in [0.2, 0.25) is 0 Å². The van der Waals surface area contributed by atoms with Crippen LogP contribution in [-0.4, -0.2) is 114 Å².